The molecule has 7 heteroatoms. The van der Waals surface area contributed by atoms with Gasteiger partial charge in [0.2, 0.25) is 0 Å². The van der Waals surface area contributed by atoms with E-state index in [4.69, 9.17) is 33.0 Å². The van der Waals surface area contributed by atoms with Crippen molar-refractivity contribution in [2.75, 3.05) is 7.11 Å². The predicted octanol–water partition coefficient (Wildman–Crippen LogP) is 2.60. The highest BCUT2D eigenvalue weighted by molar-refractivity contribution is 6.42. The summed E-state index contributed by atoms with van der Waals surface area (Å²) in [5.41, 5.74) is 0.278. The first kappa shape index (κ1) is 14.9. The molecule has 1 aliphatic carbocycles. The third kappa shape index (κ3) is 2.99. The van der Waals surface area contributed by atoms with Gasteiger partial charge in [0.1, 0.15) is 5.75 Å². The number of rotatable bonds is 4. The number of carboxylic acids is 1. The van der Waals surface area contributed by atoms with Gasteiger partial charge >= 0.3 is 5.97 Å². The van der Waals surface area contributed by atoms with Crippen LogP contribution in [0.15, 0.2) is 12.1 Å². The molecule has 0 spiro atoms. The maximum atomic E-state index is 12.1. The Labute approximate surface area is 125 Å². The van der Waals surface area contributed by atoms with Gasteiger partial charge in [-0.15, -0.1) is 0 Å². The van der Waals surface area contributed by atoms with Gasteiger partial charge in [0, 0.05) is 12.1 Å². The molecule has 0 aromatic heterocycles. The first-order chi connectivity index (χ1) is 9.42. The third-order valence-electron chi connectivity index (χ3n) is 3.31. The molecule has 0 unspecified atom stereocenters. The van der Waals surface area contributed by atoms with Gasteiger partial charge in [-0.3, -0.25) is 9.59 Å². The molecule has 0 radical (unpaired) electrons. The lowest BCUT2D eigenvalue weighted by molar-refractivity contribution is -0.145. The van der Waals surface area contributed by atoms with Crippen LogP contribution in [0.5, 0.6) is 5.75 Å². The molecule has 1 saturated carbocycles. The highest BCUT2D eigenvalue weighted by Gasteiger charge is 2.35. The smallest absolute Gasteiger partial charge is 0.306 e. The van der Waals surface area contributed by atoms with Crippen LogP contribution in [-0.2, 0) is 4.79 Å². The van der Waals surface area contributed by atoms with Crippen molar-refractivity contribution in [1.82, 2.24) is 5.32 Å². The zero-order valence-electron chi connectivity index (χ0n) is 10.7. The van der Waals surface area contributed by atoms with Crippen LogP contribution in [0.4, 0.5) is 0 Å². The molecule has 0 aliphatic heterocycles. The molecule has 0 bridgehead atoms. The Morgan fingerprint density at radius 2 is 1.90 bits per heavy atom. The second kappa shape index (κ2) is 5.89. The number of benzene rings is 1. The fourth-order valence-electron chi connectivity index (χ4n) is 2.08. The number of methoxy groups -OCH3 is 1. The van der Waals surface area contributed by atoms with Crippen molar-refractivity contribution < 1.29 is 19.4 Å². The molecule has 2 rings (SSSR count). The number of hydrogen-bond donors (Lipinski definition) is 2. The minimum Gasteiger partial charge on any atom is -0.496 e. The summed E-state index contributed by atoms with van der Waals surface area (Å²) in [6.45, 7) is 0. The van der Waals surface area contributed by atoms with Crippen molar-refractivity contribution in [3.05, 3.63) is 27.7 Å². The summed E-state index contributed by atoms with van der Waals surface area (Å²) in [4.78, 5) is 22.8. The van der Waals surface area contributed by atoms with Gasteiger partial charge in [-0.25, -0.2) is 0 Å². The highest BCUT2D eigenvalue weighted by atomic mass is 35.5. The van der Waals surface area contributed by atoms with Crippen LogP contribution in [0.3, 0.4) is 0 Å². The lowest BCUT2D eigenvalue weighted by atomic mass is 9.80. The van der Waals surface area contributed by atoms with Crippen LogP contribution in [-0.4, -0.2) is 30.1 Å². The van der Waals surface area contributed by atoms with Crippen molar-refractivity contribution >= 4 is 35.1 Å². The Hall–Kier alpha value is -1.46. The molecule has 0 heterocycles. The molecule has 2 N–H and O–H groups in total. The Morgan fingerprint density at radius 3 is 2.45 bits per heavy atom. The minimum absolute atomic E-state index is 0.136. The summed E-state index contributed by atoms with van der Waals surface area (Å²) < 4.78 is 5.10. The molecular formula is C13H13Cl2NO4. The minimum atomic E-state index is -0.831. The summed E-state index contributed by atoms with van der Waals surface area (Å²) in [6.07, 6.45) is 0.870. The van der Waals surface area contributed by atoms with Crippen LogP contribution in [0.25, 0.3) is 0 Å². The van der Waals surface area contributed by atoms with Gasteiger partial charge < -0.3 is 15.2 Å². The molecule has 1 aliphatic rings. The van der Waals surface area contributed by atoms with E-state index in [2.05, 4.69) is 5.32 Å². The van der Waals surface area contributed by atoms with Gasteiger partial charge in [0.25, 0.3) is 5.91 Å². The number of ether oxygens (including phenoxy) is 1. The standard InChI is InChI=1S/C13H13Cl2NO4/c1-20-11-5-10(15)9(14)4-8(11)12(17)16-7-2-6(3-7)13(18)19/h4-7H,2-3H2,1H3,(H,16,17)(H,18,19). The molecule has 5 nitrogen and oxygen atoms in total. The quantitative estimate of drug-likeness (QED) is 0.895. The largest absolute Gasteiger partial charge is 0.496 e. The molecular weight excluding hydrogens is 305 g/mol. The SMILES string of the molecule is COc1cc(Cl)c(Cl)cc1C(=O)NC1CC(C(=O)O)C1. The van der Waals surface area contributed by atoms with E-state index in [0.717, 1.165) is 0 Å². The molecule has 108 valence electrons. The average Bonchev–Trinajstić information content (AvgIpc) is 2.35. The molecule has 20 heavy (non-hydrogen) atoms. The van der Waals surface area contributed by atoms with Gasteiger partial charge in [-0.05, 0) is 18.9 Å². The summed E-state index contributed by atoms with van der Waals surface area (Å²) >= 11 is 11.7. The highest BCUT2D eigenvalue weighted by Crippen LogP contribution is 2.32. The van der Waals surface area contributed by atoms with Crippen molar-refractivity contribution in [1.29, 1.82) is 0 Å². The van der Waals surface area contributed by atoms with Crippen molar-refractivity contribution in [2.45, 2.75) is 18.9 Å². The lowest BCUT2D eigenvalue weighted by Gasteiger charge is -2.32. The molecule has 0 saturated heterocycles. The summed E-state index contributed by atoms with van der Waals surface area (Å²) in [5, 5.41) is 12.1. The Balaban J connectivity index is 2.07. The number of hydrogen-bond acceptors (Lipinski definition) is 3. The number of carbonyl (C=O) groups is 2. The summed E-state index contributed by atoms with van der Waals surface area (Å²) in [6, 6.07) is 2.77. The van der Waals surface area contributed by atoms with E-state index in [9.17, 15) is 9.59 Å². The number of carbonyl (C=O) groups excluding carboxylic acids is 1. The van der Waals surface area contributed by atoms with Crippen molar-refractivity contribution in [3.8, 4) is 5.75 Å². The van der Waals surface area contributed by atoms with Crippen LogP contribution in [0.2, 0.25) is 10.0 Å². The summed E-state index contributed by atoms with van der Waals surface area (Å²) in [5.74, 6) is -1.24. The topological polar surface area (TPSA) is 75.6 Å². The fraction of sp³-hybridized carbons (Fsp3) is 0.385. The van der Waals surface area contributed by atoms with Crippen LogP contribution in [0.1, 0.15) is 23.2 Å². The predicted molar refractivity (Wildman–Crippen MR) is 74.6 cm³/mol. The molecule has 1 fully saturated rings. The van der Waals surface area contributed by atoms with E-state index < -0.39 is 5.97 Å². The molecule has 1 aromatic rings. The number of nitrogens with one attached hydrogen (secondary N) is 1. The van der Waals surface area contributed by atoms with Gasteiger partial charge in [-0.1, -0.05) is 23.2 Å². The van der Waals surface area contributed by atoms with E-state index in [1.165, 1.54) is 19.2 Å². The van der Waals surface area contributed by atoms with E-state index in [-0.39, 0.29) is 28.5 Å². The van der Waals surface area contributed by atoms with E-state index in [1.54, 1.807) is 0 Å². The first-order valence-corrected chi connectivity index (χ1v) is 6.74. The number of carboxylic acid groups (broad SMARTS) is 1. The maximum Gasteiger partial charge on any atom is 0.306 e. The second-order valence-electron chi connectivity index (χ2n) is 4.64. The zero-order chi connectivity index (χ0) is 14.9. The van der Waals surface area contributed by atoms with Crippen molar-refractivity contribution in [2.24, 2.45) is 5.92 Å². The van der Waals surface area contributed by atoms with Crippen LogP contribution in [0, 0.1) is 5.92 Å². The van der Waals surface area contributed by atoms with Crippen LogP contribution >= 0.6 is 23.2 Å². The average molecular weight is 318 g/mol. The van der Waals surface area contributed by atoms with Gasteiger partial charge in [0.15, 0.2) is 0 Å². The Morgan fingerprint density at radius 1 is 1.30 bits per heavy atom. The number of amides is 1. The normalized spacial score (nSPS) is 20.9. The fourth-order valence-corrected chi connectivity index (χ4v) is 2.39. The molecule has 0 atom stereocenters. The molecule has 1 aromatic carbocycles. The lowest BCUT2D eigenvalue weighted by Crippen LogP contribution is -2.46. The van der Waals surface area contributed by atoms with Crippen molar-refractivity contribution in [3.63, 3.8) is 0 Å². The van der Waals surface area contributed by atoms with E-state index >= 15 is 0 Å². The Bertz CT molecular complexity index is 556. The van der Waals surface area contributed by atoms with Gasteiger partial charge in [0.05, 0.1) is 28.6 Å². The van der Waals surface area contributed by atoms with E-state index in [0.29, 0.717) is 23.6 Å². The van der Waals surface area contributed by atoms with Crippen LogP contribution < -0.4 is 10.1 Å². The summed E-state index contributed by atoms with van der Waals surface area (Å²) in [7, 11) is 1.43. The number of aliphatic carboxylic acids is 1. The van der Waals surface area contributed by atoms with E-state index in [1.807, 2.05) is 0 Å². The third-order valence-corrected chi connectivity index (χ3v) is 4.03. The first-order valence-electron chi connectivity index (χ1n) is 5.99. The molecule has 1 amide bonds. The Kier molecular flexibility index (Phi) is 4.40. The maximum absolute atomic E-state index is 12.1. The van der Waals surface area contributed by atoms with Gasteiger partial charge in [-0.2, -0.15) is 0 Å². The number of halogens is 2. The monoisotopic (exact) mass is 317 g/mol. The zero-order valence-corrected chi connectivity index (χ0v) is 12.2. The second-order valence-corrected chi connectivity index (χ2v) is 5.46.